The first-order chi connectivity index (χ1) is 8.95. The van der Waals surface area contributed by atoms with Crippen molar-refractivity contribution in [2.45, 2.75) is 12.6 Å². The van der Waals surface area contributed by atoms with Crippen molar-refractivity contribution in [2.75, 3.05) is 11.9 Å². The Hall–Kier alpha value is -1.90. The van der Waals surface area contributed by atoms with Gasteiger partial charge in [0.1, 0.15) is 11.0 Å². The smallest absolute Gasteiger partial charge is 0.369 e. The summed E-state index contributed by atoms with van der Waals surface area (Å²) < 4.78 is 41.9. The maximum absolute atomic E-state index is 12.4. The second-order valence-corrected chi connectivity index (χ2v) is 3.81. The van der Waals surface area contributed by atoms with Crippen molar-refractivity contribution in [3.8, 4) is 0 Å². The zero-order valence-corrected chi connectivity index (χ0v) is 10.0. The van der Waals surface area contributed by atoms with Crippen molar-refractivity contribution >= 4 is 17.4 Å². The Labute approximate surface area is 110 Å². The zero-order valence-electron chi connectivity index (χ0n) is 9.28. The quantitative estimate of drug-likeness (QED) is 0.871. The fourth-order valence-electron chi connectivity index (χ4n) is 1.24. The molecule has 0 saturated heterocycles. The second-order valence-electron chi connectivity index (χ2n) is 3.42. The SMILES string of the molecule is FC(F)(F)c1nc(Cl)cc(NCCc2ncon2)n1. The molecule has 2 rings (SSSR count). The summed E-state index contributed by atoms with van der Waals surface area (Å²) in [5.74, 6) is -0.874. The van der Waals surface area contributed by atoms with Crippen LogP contribution < -0.4 is 5.32 Å². The lowest BCUT2D eigenvalue weighted by molar-refractivity contribution is -0.144. The third-order valence-corrected chi connectivity index (χ3v) is 2.20. The highest BCUT2D eigenvalue weighted by atomic mass is 35.5. The lowest BCUT2D eigenvalue weighted by Gasteiger charge is -2.08. The van der Waals surface area contributed by atoms with Gasteiger partial charge in [0.2, 0.25) is 12.2 Å². The van der Waals surface area contributed by atoms with Crippen LogP contribution in [0.4, 0.5) is 19.0 Å². The van der Waals surface area contributed by atoms with Crippen LogP contribution >= 0.6 is 11.6 Å². The van der Waals surface area contributed by atoms with Gasteiger partial charge in [-0.15, -0.1) is 0 Å². The van der Waals surface area contributed by atoms with Crippen LogP contribution in [0.3, 0.4) is 0 Å². The van der Waals surface area contributed by atoms with E-state index in [2.05, 4.69) is 29.9 Å². The molecule has 0 aliphatic rings. The van der Waals surface area contributed by atoms with E-state index in [0.717, 1.165) is 0 Å². The normalized spacial score (nSPS) is 11.6. The molecule has 0 radical (unpaired) electrons. The van der Waals surface area contributed by atoms with Crippen LogP contribution in [-0.2, 0) is 12.6 Å². The maximum atomic E-state index is 12.4. The van der Waals surface area contributed by atoms with Gasteiger partial charge < -0.3 is 9.84 Å². The fraction of sp³-hybridized carbons (Fsp3) is 0.333. The molecule has 6 nitrogen and oxygen atoms in total. The van der Waals surface area contributed by atoms with Crippen LogP contribution in [0.2, 0.25) is 5.15 Å². The number of rotatable bonds is 4. The molecule has 0 aliphatic carbocycles. The van der Waals surface area contributed by atoms with E-state index in [1.807, 2.05) is 0 Å². The number of nitrogens with zero attached hydrogens (tertiary/aromatic N) is 4. The van der Waals surface area contributed by atoms with Gasteiger partial charge in [0, 0.05) is 19.0 Å². The lowest BCUT2D eigenvalue weighted by atomic mass is 10.4. The Balaban J connectivity index is 2.02. The summed E-state index contributed by atoms with van der Waals surface area (Å²) in [6.07, 6.45) is -3.10. The average Bonchev–Trinajstić information content (AvgIpc) is 2.80. The summed E-state index contributed by atoms with van der Waals surface area (Å²) >= 11 is 5.50. The van der Waals surface area contributed by atoms with Crippen LogP contribution in [0.5, 0.6) is 0 Å². The molecule has 102 valence electrons. The van der Waals surface area contributed by atoms with Crippen molar-refractivity contribution in [2.24, 2.45) is 0 Å². The Morgan fingerprint density at radius 3 is 2.74 bits per heavy atom. The minimum absolute atomic E-state index is 0.0178. The van der Waals surface area contributed by atoms with Gasteiger partial charge in [0.15, 0.2) is 5.82 Å². The van der Waals surface area contributed by atoms with Gasteiger partial charge in [-0.05, 0) is 0 Å². The molecular formula is C9H7ClF3N5O. The number of hydrogen-bond acceptors (Lipinski definition) is 6. The van der Waals surface area contributed by atoms with E-state index in [1.54, 1.807) is 0 Å². The monoisotopic (exact) mass is 293 g/mol. The van der Waals surface area contributed by atoms with Crippen molar-refractivity contribution in [1.29, 1.82) is 0 Å². The van der Waals surface area contributed by atoms with E-state index in [0.29, 0.717) is 12.2 Å². The molecule has 2 aromatic heterocycles. The molecule has 0 aromatic carbocycles. The third-order valence-electron chi connectivity index (χ3n) is 2.01. The van der Waals surface area contributed by atoms with Crippen molar-refractivity contribution in [3.63, 3.8) is 0 Å². The van der Waals surface area contributed by atoms with E-state index < -0.39 is 12.0 Å². The van der Waals surface area contributed by atoms with Crippen LogP contribution in [0.15, 0.2) is 17.0 Å². The number of nitrogens with one attached hydrogen (secondary N) is 1. The summed E-state index contributed by atoms with van der Waals surface area (Å²) in [4.78, 5) is 10.2. The van der Waals surface area contributed by atoms with Crippen LogP contribution in [0, 0.1) is 0 Å². The van der Waals surface area contributed by atoms with E-state index in [9.17, 15) is 13.2 Å². The van der Waals surface area contributed by atoms with Crippen LogP contribution in [0.1, 0.15) is 11.6 Å². The highest BCUT2D eigenvalue weighted by Gasteiger charge is 2.35. The van der Waals surface area contributed by atoms with Crippen LogP contribution in [-0.4, -0.2) is 26.7 Å². The Morgan fingerprint density at radius 1 is 1.32 bits per heavy atom. The van der Waals surface area contributed by atoms with Crippen molar-refractivity contribution in [3.05, 3.63) is 29.3 Å². The molecule has 0 unspecified atom stereocenters. The van der Waals surface area contributed by atoms with Gasteiger partial charge in [0.25, 0.3) is 0 Å². The Bertz CT molecular complexity index is 545. The molecular weight excluding hydrogens is 287 g/mol. The summed E-state index contributed by atoms with van der Waals surface area (Å²) in [5, 5.41) is 5.95. The van der Waals surface area contributed by atoms with Gasteiger partial charge in [-0.3, -0.25) is 0 Å². The molecule has 0 bridgehead atoms. The molecule has 10 heteroatoms. The number of halogens is 4. The highest BCUT2D eigenvalue weighted by Crippen LogP contribution is 2.28. The fourth-order valence-corrected chi connectivity index (χ4v) is 1.42. The lowest BCUT2D eigenvalue weighted by Crippen LogP contribution is -2.14. The topological polar surface area (TPSA) is 76.7 Å². The molecule has 0 amide bonds. The molecule has 0 spiro atoms. The second kappa shape index (κ2) is 5.39. The molecule has 0 fully saturated rings. The first kappa shape index (κ1) is 13.5. The zero-order chi connectivity index (χ0) is 13.9. The highest BCUT2D eigenvalue weighted by molar-refractivity contribution is 6.29. The predicted molar refractivity (Wildman–Crippen MR) is 58.5 cm³/mol. The molecule has 19 heavy (non-hydrogen) atoms. The van der Waals surface area contributed by atoms with Gasteiger partial charge in [0.05, 0.1) is 0 Å². The number of alkyl halides is 3. The first-order valence-electron chi connectivity index (χ1n) is 5.06. The summed E-state index contributed by atoms with van der Waals surface area (Å²) in [5.41, 5.74) is 0. The molecule has 0 atom stereocenters. The number of hydrogen-bond donors (Lipinski definition) is 1. The van der Waals surface area contributed by atoms with Crippen molar-refractivity contribution in [1.82, 2.24) is 20.1 Å². The molecule has 2 heterocycles. The summed E-state index contributed by atoms with van der Waals surface area (Å²) in [6, 6.07) is 1.20. The minimum atomic E-state index is -4.64. The van der Waals surface area contributed by atoms with E-state index >= 15 is 0 Å². The Morgan fingerprint density at radius 2 is 2.11 bits per heavy atom. The van der Waals surface area contributed by atoms with Gasteiger partial charge in [-0.1, -0.05) is 16.8 Å². The standard InChI is InChI=1S/C9H7ClF3N5O/c10-5-3-7(17-8(16-5)9(11,12)13)14-2-1-6-15-4-19-18-6/h3-4H,1-2H2,(H,14,16,17). The molecule has 0 saturated carbocycles. The van der Waals surface area contributed by atoms with E-state index in [-0.39, 0.29) is 17.5 Å². The first-order valence-corrected chi connectivity index (χ1v) is 5.44. The third kappa shape index (κ3) is 3.78. The van der Waals surface area contributed by atoms with Gasteiger partial charge in [-0.25, -0.2) is 9.97 Å². The Kier molecular flexibility index (Phi) is 3.84. The molecule has 0 aliphatic heterocycles. The minimum Gasteiger partial charge on any atom is -0.369 e. The molecule has 2 aromatic rings. The number of aromatic nitrogens is 4. The summed E-state index contributed by atoms with van der Waals surface area (Å²) in [6.45, 7) is 0.282. The maximum Gasteiger partial charge on any atom is 0.451 e. The average molecular weight is 294 g/mol. The predicted octanol–water partition coefficient (Wildman–Crippen LogP) is 2.19. The van der Waals surface area contributed by atoms with Crippen molar-refractivity contribution < 1.29 is 17.7 Å². The largest absolute Gasteiger partial charge is 0.451 e. The van der Waals surface area contributed by atoms with E-state index in [1.165, 1.54) is 12.5 Å². The molecule has 1 N–H and O–H groups in total. The number of anilines is 1. The summed E-state index contributed by atoms with van der Waals surface area (Å²) in [7, 11) is 0. The van der Waals surface area contributed by atoms with E-state index in [4.69, 9.17) is 11.6 Å². The van der Waals surface area contributed by atoms with Gasteiger partial charge in [-0.2, -0.15) is 18.2 Å². The van der Waals surface area contributed by atoms with Crippen LogP contribution in [0.25, 0.3) is 0 Å². The van der Waals surface area contributed by atoms with Gasteiger partial charge >= 0.3 is 6.18 Å².